The molecule has 9 heteroatoms. The number of likely N-dealkylation sites (tertiary alicyclic amines) is 1. The van der Waals surface area contributed by atoms with Crippen LogP contribution in [0.4, 0.5) is 8.78 Å². The van der Waals surface area contributed by atoms with E-state index in [9.17, 15) is 18.7 Å². The number of carbonyl (C=O) groups excluding carboxylic acids is 1. The molecule has 0 radical (unpaired) electrons. The summed E-state index contributed by atoms with van der Waals surface area (Å²) in [6.07, 6.45) is 1.08. The van der Waals surface area contributed by atoms with Crippen molar-refractivity contribution in [3.05, 3.63) is 53.0 Å². The summed E-state index contributed by atoms with van der Waals surface area (Å²) < 4.78 is 48.3. The van der Waals surface area contributed by atoms with Crippen LogP contribution < -0.4 is 9.47 Å². The van der Waals surface area contributed by atoms with Crippen molar-refractivity contribution < 1.29 is 37.6 Å². The average Bonchev–Trinajstić information content (AvgIpc) is 2.85. The number of benzene rings is 1. The number of alkyl halides is 2. The molecule has 1 aromatic carbocycles. The van der Waals surface area contributed by atoms with Crippen molar-refractivity contribution in [3.63, 3.8) is 0 Å². The number of rotatable bonds is 3. The molecular formula is C25H27F2NO6. The van der Waals surface area contributed by atoms with Gasteiger partial charge in [0, 0.05) is 49.2 Å². The Balaban J connectivity index is 1.56. The Morgan fingerprint density at radius 1 is 1.18 bits per heavy atom. The molecule has 7 nitrogen and oxygen atoms in total. The standard InChI is InChI=1S/C25H27F2NO6/c1-13-4-14(2)12-28(11-13)23(30)10-18-15-5-17(9-21-20(6-15)33-25(26,27)34-21)32-22-8-16(31-3)7-19(29)24(18)22/h5-9,13-14,17-18,29H,4,10-12H2,1-3H3/t13?,14?,17?,18-/m0/s1. The third kappa shape index (κ3) is 4.19. The number of phenolic OH excluding ortho intramolecular Hbond substituents is 1. The second-order valence-corrected chi connectivity index (χ2v) is 9.52. The summed E-state index contributed by atoms with van der Waals surface area (Å²) in [6, 6.07) is 3.07. The van der Waals surface area contributed by atoms with Gasteiger partial charge in [0.05, 0.1) is 7.11 Å². The van der Waals surface area contributed by atoms with E-state index in [2.05, 4.69) is 18.6 Å². The zero-order valence-electron chi connectivity index (χ0n) is 19.2. The minimum Gasteiger partial charge on any atom is -0.507 e. The van der Waals surface area contributed by atoms with Crippen LogP contribution in [0, 0.1) is 11.8 Å². The average molecular weight is 475 g/mol. The molecule has 1 aromatic rings. The molecule has 1 amide bonds. The smallest absolute Gasteiger partial charge is 0.507 e. The van der Waals surface area contributed by atoms with E-state index in [1.807, 2.05) is 4.90 Å². The van der Waals surface area contributed by atoms with E-state index in [1.54, 1.807) is 12.1 Å². The number of piperidine rings is 1. The maximum atomic E-state index is 13.8. The fraction of sp³-hybridized carbons (Fsp3) is 0.480. The lowest BCUT2D eigenvalue weighted by molar-refractivity contribution is -0.326. The molecule has 34 heavy (non-hydrogen) atoms. The molecule has 3 heterocycles. The predicted octanol–water partition coefficient (Wildman–Crippen LogP) is 4.44. The number of carbonyl (C=O) groups is 1. The number of amides is 1. The molecule has 2 saturated heterocycles. The second-order valence-electron chi connectivity index (χ2n) is 9.52. The molecule has 182 valence electrons. The monoisotopic (exact) mass is 475 g/mol. The van der Waals surface area contributed by atoms with Gasteiger partial charge in [-0.1, -0.05) is 13.8 Å². The highest BCUT2D eigenvalue weighted by atomic mass is 19.3. The zero-order valence-corrected chi connectivity index (χ0v) is 19.2. The summed E-state index contributed by atoms with van der Waals surface area (Å²) in [5.41, 5.74) is 0.929. The Hall–Kier alpha value is -3.23. The molecule has 1 N–H and O–H groups in total. The first-order valence-electron chi connectivity index (χ1n) is 11.4. The lowest BCUT2D eigenvalue weighted by Gasteiger charge is -2.36. The van der Waals surface area contributed by atoms with Crippen molar-refractivity contribution in [2.45, 2.75) is 45.0 Å². The Morgan fingerprint density at radius 2 is 1.88 bits per heavy atom. The fourth-order valence-corrected chi connectivity index (χ4v) is 5.32. The van der Waals surface area contributed by atoms with Gasteiger partial charge in [-0.05, 0) is 36.0 Å². The van der Waals surface area contributed by atoms with Gasteiger partial charge in [0.25, 0.3) is 0 Å². The first-order valence-corrected chi connectivity index (χ1v) is 11.4. The van der Waals surface area contributed by atoms with Crippen LogP contribution in [0.1, 0.15) is 38.2 Å². The molecule has 2 fully saturated rings. The van der Waals surface area contributed by atoms with Crippen LogP contribution in [0.3, 0.4) is 0 Å². The molecular weight excluding hydrogens is 448 g/mol. The molecule has 4 aliphatic rings. The first-order chi connectivity index (χ1) is 16.1. The van der Waals surface area contributed by atoms with Gasteiger partial charge in [0.1, 0.15) is 23.4 Å². The van der Waals surface area contributed by atoms with Gasteiger partial charge in [0.2, 0.25) is 5.91 Å². The molecule has 3 unspecified atom stereocenters. The largest absolute Gasteiger partial charge is 0.586 e. The zero-order chi connectivity index (χ0) is 24.2. The normalized spacial score (nSPS) is 29.0. The van der Waals surface area contributed by atoms with E-state index < -0.39 is 18.3 Å². The van der Waals surface area contributed by atoms with Crippen molar-refractivity contribution in [1.29, 1.82) is 0 Å². The maximum Gasteiger partial charge on any atom is 0.586 e. The Bertz CT molecular complexity index is 1100. The van der Waals surface area contributed by atoms with Crippen molar-refractivity contribution in [1.82, 2.24) is 4.90 Å². The number of ether oxygens (including phenoxy) is 4. The molecule has 2 bridgehead atoms. The van der Waals surface area contributed by atoms with E-state index in [-0.39, 0.29) is 29.6 Å². The van der Waals surface area contributed by atoms with Gasteiger partial charge in [0.15, 0.2) is 11.5 Å². The summed E-state index contributed by atoms with van der Waals surface area (Å²) in [5, 5.41) is 10.9. The number of fused-ring (bicyclic) bond motifs is 3. The van der Waals surface area contributed by atoms with Crippen molar-refractivity contribution in [3.8, 4) is 17.2 Å². The molecule has 0 spiro atoms. The van der Waals surface area contributed by atoms with Crippen LogP contribution in [0.25, 0.3) is 0 Å². The number of methoxy groups -OCH3 is 1. The van der Waals surface area contributed by atoms with Gasteiger partial charge in [-0.2, -0.15) is 0 Å². The molecule has 5 rings (SSSR count). The molecule has 1 aliphatic carbocycles. The summed E-state index contributed by atoms with van der Waals surface area (Å²) in [4.78, 5) is 15.3. The number of hydrogen-bond donors (Lipinski definition) is 1. The van der Waals surface area contributed by atoms with Crippen LogP contribution in [0.2, 0.25) is 0 Å². The number of phenols is 1. The van der Waals surface area contributed by atoms with Crippen LogP contribution in [0.5, 0.6) is 17.2 Å². The number of halogens is 2. The quantitative estimate of drug-likeness (QED) is 0.696. The van der Waals surface area contributed by atoms with Crippen molar-refractivity contribution in [2.24, 2.45) is 11.8 Å². The number of nitrogens with zero attached hydrogens (tertiary/aromatic N) is 1. The van der Waals surface area contributed by atoms with Gasteiger partial charge in [-0.3, -0.25) is 4.79 Å². The topological polar surface area (TPSA) is 77.5 Å². The number of hydrogen-bond acceptors (Lipinski definition) is 6. The molecule has 0 saturated carbocycles. The van der Waals surface area contributed by atoms with Gasteiger partial charge in [-0.25, -0.2) is 0 Å². The van der Waals surface area contributed by atoms with E-state index in [1.165, 1.54) is 25.3 Å². The van der Waals surface area contributed by atoms with Crippen LogP contribution in [0.15, 0.2) is 47.5 Å². The fourth-order valence-electron chi connectivity index (χ4n) is 5.32. The lowest BCUT2D eigenvalue weighted by atomic mass is 9.85. The van der Waals surface area contributed by atoms with Gasteiger partial charge in [-0.15, -0.1) is 8.78 Å². The van der Waals surface area contributed by atoms with Crippen molar-refractivity contribution >= 4 is 5.91 Å². The Morgan fingerprint density at radius 3 is 2.59 bits per heavy atom. The highest BCUT2D eigenvalue weighted by Gasteiger charge is 2.47. The SMILES string of the molecule is COc1cc(O)c2c(c1)OC1C=C3OC(F)(F)OC3=CC(=C1)[C@@H]2CC(=O)N1CC(C)CC(C)C1. The summed E-state index contributed by atoms with van der Waals surface area (Å²) in [6.45, 7) is 5.56. The molecule has 0 aromatic heterocycles. The van der Waals surface area contributed by atoms with E-state index in [4.69, 9.17) is 14.2 Å². The lowest BCUT2D eigenvalue weighted by Crippen LogP contribution is -2.43. The van der Waals surface area contributed by atoms with Crippen LogP contribution in [-0.4, -0.2) is 48.5 Å². The van der Waals surface area contributed by atoms with E-state index in [0.29, 0.717) is 47.6 Å². The predicted molar refractivity (Wildman–Crippen MR) is 117 cm³/mol. The van der Waals surface area contributed by atoms with Gasteiger partial charge < -0.3 is 29.0 Å². The highest BCUT2D eigenvalue weighted by molar-refractivity contribution is 5.79. The van der Waals surface area contributed by atoms with Crippen molar-refractivity contribution in [2.75, 3.05) is 20.2 Å². The maximum absolute atomic E-state index is 13.8. The van der Waals surface area contributed by atoms with Crippen LogP contribution in [-0.2, 0) is 14.3 Å². The van der Waals surface area contributed by atoms with E-state index in [0.717, 1.165) is 6.42 Å². The Kier molecular flexibility index (Phi) is 5.45. The third-order valence-corrected chi connectivity index (χ3v) is 6.61. The van der Waals surface area contributed by atoms with Gasteiger partial charge >= 0.3 is 6.29 Å². The molecule has 4 atom stereocenters. The minimum atomic E-state index is -3.79. The van der Waals surface area contributed by atoms with Crippen LogP contribution >= 0.6 is 0 Å². The summed E-state index contributed by atoms with van der Waals surface area (Å²) >= 11 is 0. The third-order valence-electron chi connectivity index (χ3n) is 6.61. The van der Waals surface area contributed by atoms with E-state index >= 15 is 0 Å². The first kappa shape index (κ1) is 22.6. The number of aromatic hydroxyl groups is 1. The molecule has 3 aliphatic heterocycles. The summed E-state index contributed by atoms with van der Waals surface area (Å²) in [7, 11) is 1.46. The highest BCUT2D eigenvalue weighted by Crippen LogP contribution is 2.49. The Labute approximate surface area is 196 Å². The summed E-state index contributed by atoms with van der Waals surface area (Å²) in [5.74, 6) is 0.347. The minimum absolute atomic E-state index is 0.0323. The second kappa shape index (κ2) is 8.21. The number of allylic oxidation sites excluding steroid dienone is 2.